The predicted molar refractivity (Wildman–Crippen MR) is 150 cm³/mol. The van der Waals surface area contributed by atoms with Crippen LogP contribution in [0, 0.1) is 0 Å². The lowest BCUT2D eigenvalue weighted by atomic mass is 10.1. The second-order valence-electron chi connectivity index (χ2n) is 9.35. The maximum atomic E-state index is 13.8. The molecule has 0 radical (unpaired) electrons. The van der Waals surface area contributed by atoms with Crippen LogP contribution in [0.3, 0.4) is 0 Å². The van der Waals surface area contributed by atoms with Crippen LogP contribution in [0.2, 0.25) is 5.02 Å². The Kier molecular flexibility index (Phi) is 8.24. The third-order valence-corrected chi connectivity index (χ3v) is 8.93. The van der Waals surface area contributed by atoms with Gasteiger partial charge in [0.1, 0.15) is 6.54 Å². The van der Waals surface area contributed by atoms with Crippen LogP contribution in [0.4, 0.5) is 5.69 Å². The van der Waals surface area contributed by atoms with E-state index in [1.54, 1.807) is 29.2 Å². The molecular weight excluding hydrogens is 558 g/mol. The first kappa shape index (κ1) is 27.9. The molecule has 212 valence electrons. The summed E-state index contributed by atoms with van der Waals surface area (Å²) in [5.41, 5.74) is 1.42. The summed E-state index contributed by atoms with van der Waals surface area (Å²) in [6.07, 6.45) is 0. The molecule has 0 unspecified atom stereocenters. The third-order valence-electron chi connectivity index (χ3n) is 6.90. The van der Waals surface area contributed by atoms with Crippen molar-refractivity contribution in [1.29, 1.82) is 0 Å². The van der Waals surface area contributed by atoms with Crippen LogP contribution in [0.5, 0.6) is 23.0 Å². The first-order chi connectivity index (χ1) is 19.3. The van der Waals surface area contributed by atoms with Crippen molar-refractivity contribution in [2.45, 2.75) is 11.4 Å². The number of sulfonamides is 1. The Balaban J connectivity index is 1.30. The van der Waals surface area contributed by atoms with Crippen molar-refractivity contribution in [3.8, 4) is 23.0 Å². The number of benzene rings is 3. The van der Waals surface area contributed by atoms with Gasteiger partial charge in [-0.25, -0.2) is 8.42 Å². The topological polar surface area (TPSA) is 97.9 Å². The lowest BCUT2D eigenvalue weighted by molar-refractivity contribution is -0.131. The van der Waals surface area contributed by atoms with Gasteiger partial charge in [0.25, 0.3) is 10.0 Å². The molecule has 0 bridgehead atoms. The zero-order valence-corrected chi connectivity index (χ0v) is 23.8. The van der Waals surface area contributed by atoms with Gasteiger partial charge in [0, 0.05) is 43.8 Å². The van der Waals surface area contributed by atoms with Crippen LogP contribution in [-0.2, 0) is 21.4 Å². The Morgan fingerprint density at radius 3 is 2.30 bits per heavy atom. The van der Waals surface area contributed by atoms with Crippen molar-refractivity contribution in [3.05, 3.63) is 71.2 Å². The van der Waals surface area contributed by atoms with Gasteiger partial charge >= 0.3 is 0 Å². The molecule has 3 aromatic carbocycles. The lowest BCUT2D eigenvalue weighted by Gasteiger charge is -2.36. The van der Waals surface area contributed by atoms with Crippen molar-refractivity contribution in [1.82, 2.24) is 9.80 Å². The summed E-state index contributed by atoms with van der Waals surface area (Å²) in [7, 11) is -1.24. The molecule has 12 heteroatoms. The van der Waals surface area contributed by atoms with Crippen molar-refractivity contribution < 1.29 is 32.2 Å². The standard InChI is InChI=1S/C28H30ClN3O7S/c1-36-24-10-8-23(16-26(24)37-2)40(34,35)32(22-6-4-21(29)5-7-22)18-28(33)31-13-11-30(12-14-31)17-20-3-9-25-27(15-20)39-19-38-25/h3-10,15-16H,11-14,17-19H2,1-2H3. The highest BCUT2D eigenvalue weighted by Crippen LogP contribution is 2.34. The fourth-order valence-corrected chi connectivity index (χ4v) is 6.26. The summed E-state index contributed by atoms with van der Waals surface area (Å²) >= 11 is 6.06. The molecule has 0 saturated carbocycles. The maximum Gasteiger partial charge on any atom is 0.264 e. The molecule has 1 saturated heterocycles. The van der Waals surface area contributed by atoms with Crippen molar-refractivity contribution in [3.63, 3.8) is 0 Å². The molecule has 1 fully saturated rings. The number of piperazine rings is 1. The monoisotopic (exact) mass is 587 g/mol. The van der Waals surface area contributed by atoms with Gasteiger partial charge in [0.2, 0.25) is 12.7 Å². The molecule has 0 N–H and O–H groups in total. The van der Waals surface area contributed by atoms with Crippen LogP contribution < -0.4 is 23.3 Å². The summed E-state index contributed by atoms with van der Waals surface area (Å²) < 4.78 is 50.2. The minimum atomic E-state index is -4.14. The smallest absolute Gasteiger partial charge is 0.264 e. The van der Waals surface area contributed by atoms with E-state index in [-0.39, 0.29) is 29.9 Å². The van der Waals surface area contributed by atoms with Crippen LogP contribution in [0.15, 0.2) is 65.6 Å². The minimum absolute atomic E-state index is 0.0264. The van der Waals surface area contributed by atoms with E-state index in [0.29, 0.717) is 49.2 Å². The number of halogens is 1. The Morgan fingerprint density at radius 2 is 1.60 bits per heavy atom. The summed E-state index contributed by atoms with van der Waals surface area (Å²) in [6, 6.07) is 16.6. The molecule has 3 aromatic rings. The number of carbonyl (C=O) groups excluding carboxylic acids is 1. The molecule has 5 rings (SSSR count). The number of rotatable bonds is 9. The van der Waals surface area contributed by atoms with Crippen LogP contribution in [0.25, 0.3) is 0 Å². The van der Waals surface area contributed by atoms with Gasteiger partial charge in [-0.15, -0.1) is 0 Å². The molecule has 0 spiro atoms. The van der Waals surface area contributed by atoms with Crippen LogP contribution in [0.1, 0.15) is 5.56 Å². The number of fused-ring (bicyclic) bond motifs is 1. The third kappa shape index (κ3) is 5.91. The van der Waals surface area contributed by atoms with Crippen molar-refractivity contribution in [2.75, 3.05) is 58.0 Å². The Bertz CT molecular complexity index is 1480. The molecule has 10 nitrogen and oxygen atoms in total. The normalized spacial score (nSPS) is 15.1. The highest BCUT2D eigenvalue weighted by molar-refractivity contribution is 7.92. The molecular formula is C28H30ClN3O7S. The van der Waals surface area contributed by atoms with Gasteiger partial charge in [0.15, 0.2) is 23.0 Å². The number of amides is 1. The van der Waals surface area contributed by atoms with E-state index in [1.165, 1.54) is 32.4 Å². The Morgan fingerprint density at radius 1 is 0.900 bits per heavy atom. The highest BCUT2D eigenvalue weighted by atomic mass is 35.5. The zero-order chi connectivity index (χ0) is 28.3. The number of carbonyl (C=O) groups is 1. The van der Waals surface area contributed by atoms with Crippen LogP contribution in [-0.4, -0.2) is 77.9 Å². The van der Waals surface area contributed by atoms with Crippen LogP contribution >= 0.6 is 11.6 Å². The van der Waals surface area contributed by atoms with Gasteiger partial charge < -0.3 is 23.8 Å². The van der Waals surface area contributed by atoms with Gasteiger partial charge in [-0.05, 0) is 54.1 Å². The van der Waals surface area contributed by atoms with Gasteiger partial charge in [0.05, 0.1) is 24.8 Å². The second kappa shape index (κ2) is 11.8. The van der Waals surface area contributed by atoms with Gasteiger partial charge in [-0.2, -0.15) is 0 Å². The number of methoxy groups -OCH3 is 2. The van der Waals surface area contributed by atoms with E-state index in [9.17, 15) is 13.2 Å². The average molecular weight is 588 g/mol. The predicted octanol–water partition coefficient (Wildman–Crippen LogP) is 3.63. The van der Waals surface area contributed by atoms with E-state index in [4.69, 9.17) is 30.5 Å². The van der Waals surface area contributed by atoms with Gasteiger partial charge in [-0.1, -0.05) is 17.7 Å². The van der Waals surface area contributed by atoms with Crippen molar-refractivity contribution in [2.24, 2.45) is 0 Å². The van der Waals surface area contributed by atoms with Gasteiger partial charge in [-0.3, -0.25) is 14.0 Å². The van der Waals surface area contributed by atoms with E-state index in [1.807, 2.05) is 18.2 Å². The number of ether oxygens (including phenoxy) is 4. The lowest BCUT2D eigenvalue weighted by Crippen LogP contribution is -2.51. The first-order valence-electron chi connectivity index (χ1n) is 12.7. The summed E-state index contributed by atoms with van der Waals surface area (Å²) in [4.78, 5) is 17.4. The number of hydrogen-bond donors (Lipinski definition) is 0. The number of hydrogen-bond acceptors (Lipinski definition) is 8. The zero-order valence-electron chi connectivity index (χ0n) is 22.2. The molecule has 2 aliphatic heterocycles. The van der Waals surface area contributed by atoms with E-state index < -0.39 is 10.0 Å². The molecule has 2 aliphatic rings. The number of anilines is 1. The Hall–Kier alpha value is -3.67. The molecule has 2 heterocycles. The number of nitrogens with zero attached hydrogens (tertiary/aromatic N) is 3. The summed E-state index contributed by atoms with van der Waals surface area (Å²) in [5.74, 6) is 1.86. The second-order valence-corrected chi connectivity index (χ2v) is 11.6. The van der Waals surface area contributed by atoms with Crippen molar-refractivity contribution >= 4 is 33.2 Å². The largest absolute Gasteiger partial charge is 0.493 e. The molecule has 0 atom stereocenters. The highest BCUT2D eigenvalue weighted by Gasteiger charge is 2.31. The quantitative estimate of drug-likeness (QED) is 0.374. The van der Waals surface area contributed by atoms with E-state index >= 15 is 0 Å². The Labute approximate surface area is 238 Å². The minimum Gasteiger partial charge on any atom is -0.493 e. The fourth-order valence-electron chi connectivity index (χ4n) is 4.70. The summed E-state index contributed by atoms with van der Waals surface area (Å²) in [6.45, 7) is 2.85. The first-order valence-corrected chi connectivity index (χ1v) is 14.5. The molecule has 40 heavy (non-hydrogen) atoms. The molecule has 0 aliphatic carbocycles. The van der Waals surface area contributed by atoms with E-state index in [2.05, 4.69) is 4.90 Å². The summed E-state index contributed by atoms with van der Waals surface area (Å²) in [5, 5.41) is 0.456. The molecule has 1 amide bonds. The fraction of sp³-hybridized carbons (Fsp3) is 0.321. The molecule has 0 aromatic heterocycles. The average Bonchev–Trinajstić information content (AvgIpc) is 3.44. The SMILES string of the molecule is COc1ccc(S(=O)(=O)N(CC(=O)N2CCN(Cc3ccc4c(c3)OCO4)CC2)c2ccc(Cl)cc2)cc1OC. The maximum absolute atomic E-state index is 13.8. The van der Waals surface area contributed by atoms with E-state index in [0.717, 1.165) is 21.4 Å².